The van der Waals surface area contributed by atoms with Gasteiger partial charge in [-0.2, -0.15) is 0 Å². The van der Waals surface area contributed by atoms with Gasteiger partial charge in [0.1, 0.15) is 12.3 Å². The Morgan fingerprint density at radius 2 is 1.12 bits per heavy atom. The van der Waals surface area contributed by atoms with Crippen LogP contribution in [0.1, 0.15) is 97.8 Å². The number of rotatable bonds is 3. The minimum atomic E-state index is -1.89. The van der Waals surface area contributed by atoms with Crippen molar-refractivity contribution in [1.29, 1.82) is 0 Å². The molecule has 0 N–H and O–H groups in total. The highest BCUT2D eigenvalue weighted by molar-refractivity contribution is 4.86. The van der Waals surface area contributed by atoms with Crippen LogP contribution in [0, 0.1) is 29.6 Å². The molecule has 0 nitrogen and oxygen atoms in total. The van der Waals surface area contributed by atoms with Gasteiger partial charge >= 0.3 is 0 Å². The second-order valence-corrected chi connectivity index (χ2v) is 9.19. The average molecular weight is 375 g/mol. The molecule has 3 aliphatic carbocycles. The molecule has 26 heavy (non-hydrogen) atoms. The van der Waals surface area contributed by atoms with E-state index in [1.807, 2.05) is 13.8 Å². The van der Waals surface area contributed by atoms with Crippen LogP contribution in [0.15, 0.2) is 0 Å². The first-order chi connectivity index (χ1) is 12.5. The molecule has 3 saturated carbocycles. The fourth-order valence-corrected chi connectivity index (χ4v) is 5.69. The molecule has 3 aliphatic rings. The average Bonchev–Trinajstić information content (AvgIpc) is 2.78. The van der Waals surface area contributed by atoms with Crippen molar-refractivity contribution in [3.05, 3.63) is 0 Å². The molecule has 0 aromatic rings. The number of hydrogen-bond donors (Lipinski definition) is 0. The van der Waals surface area contributed by atoms with Crippen LogP contribution in [0.2, 0.25) is 0 Å². The van der Waals surface area contributed by atoms with E-state index in [1.165, 1.54) is 51.4 Å². The molecule has 0 saturated heterocycles. The normalized spacial score (nSPS) is 44.5. The van der Waals surface area contributed by atoms with Crippen molar-refractivity contribution < 1.29 is 13.2 Å². The maximum atomic E-state index is 13.8. The molecular formula is C23H41F3. The summed E-state index contributed by atoms with van der Waals surface area (Å²) in [4.78, 5) is 0. The van der Waals surface area contributed by atoms with E-state index in [1.54, 1.807) is 0 Å². The van der Waals surface area contributed by atoms with Gasteiger partial charge in [0.2, 0.25) is 0 Å². The summed E-state index contributed by atoms with van der Waals surface area (Å²) >= 11 is 0. The quantitative estimate of drug-likeness (QED) is 0.441. The molecule has 0 aliphatic heterocycles. The van der Waals surface area contributed by atoms with Crippen molar-refractivity contribution in [3.8, 4) is 0 Å². The predicted molar refractivity (Wildman–Crippen MR) is 105 cm³/mol. The van der Waals surface area contributed by atoms with Gasteiger partial charge in [0.15, 0.2) is 6.17 Å². The zero-order valence-electron chi connectivity index (χ0n) is 17.2. The smallest absolute Gasteiger partial charge is 0.162 e. The van der Waals surface area contributed by atoms with Gasteiger partial charge in [-0.25, -0.2) is 13.2 Å². The summed E-state index contributed by atoms with van der Waals surface area (Å²) in [6, 6.07) is 0. The lowest BCUT2D eigenvalue weighted by molar-refractivity contribution is 0.0813. The SMILES string of the molecule is CC.CC1CCC(C2CCC(CC3CCC(F)C(F)C(F)C3)CC2)CC1. The van der Waals surface area contributed by atoms with E-state index in [2.05, 4.69) is 6.92 Å². The fourth-order valence-electron chi connectivity index (χ4n) is 5.69. The third-order valence-corrected chi connectivity index (χ3v) is 7.39. The Balaban J connectivity index is 0.00000117. The molecule has 3 fully saturated rings. The topological polar surface area (TPSA) is 0 Å². The van der Waals surface area contributed by atoms with Crippen LogP contribution >= 0.6 is 0 Å². The van der Waals surface area contributed by atoms with Crippen molar-refractivity contribution in [1.82, 2.24) is 0 Å². The Labute approximate surface area is 159 Å². The Bertz CT molecular complexity index is 370. The maximum absolute atomic E-state index is 13.8. The summed E-state index contributed by atoms with van der Waals surface area (Å²) < 4.78 is 40.8. The van der Waals surface area contributed by atoms with Crippen LogP contribution < -0.4 is 0 Å². The van der Waals surface area contributed by atoms with Gasteiger partial charge in [0, 0.05) is 0 Å². The number of hydrogen-bond acceptors (Lipinski definition) is 0. The molecule has 3 rings (SSSR count). The van der Waals surface area contributed by atoms with Crippen molar-refractivity contribution in [3.63, 3.8) is 0 Å². The zero-order valence-corrected chi connectivity index (χ0v) is 17.2. The molecule has 0 spiro atoms. The van der Waals surface area contributed by atoms with Gasteiger partial charge < -0.3 is 0 Å². The molecule has 4 unspecified atom stereocenters. The lowest BCUT2D eigenvalue weighted by atomic mass is 9.68. The zero-order chi connectivity index (χ0) is 19.1. The molecule has 0 bridgehead atoms. The summed E-state index contributed by atoms with van der Waals surface area (Å²) in [5.41, 5.74) is 0. The van der Waals surface area contributed by atoms with Crippen LogP contribution in [0.5, 0.6) is 0 Å². The van der Waals surface area contributed by atoms with Crippen molar-refractivity contribution in [2.45, 2.75) is 116 Å². The van der Waals surface area contributed by atoms with Crippen molar-refractivity contribution >= 4 is 0 Å². The van der Waals surface area contributed by atoms with E-state index >= 15 is 0 Å². The third kappa shape index (κ3) is 6.16. The Kier molecular flexibility index (Phi) is 9.30. The summed E-state index contributed by atoms with van der Waals surface area (Å²) in [7, 11) is 0. The minimum Gasteiger partial charge on any atom is -0.244 e. The molecule has 0 radical (unpaired) electrons. The Morgan fingerprint density at radius 1 is 0.615 bits per heavy atom. The minimum absolute atomic E-state index is 0.191. The van der Waals surface area contributed by atoms with Crippen molar-refractivity contribution in [2.24, 2.45) is 29.6 Å². The molecule has 0 amide bonds. The second-order valence-electron chi connectivity index (χ2n) is 9.19. The van der Waals surface area contributed by atoms with E-state index < -0.39 is 18.5 Å². The molecule has 0 aromatic heterocycles. The van der Waals surface area contributed by atoms with Gasteiger partial charge in [-0.15, -0.1) is 0 Å². The van der Waals surface area contributed by atoms with E-state index in [4.69, 9.17) is 0 Å². The summed E-state index contributed by atoms with van der Waals surface area (Å²) in [6.45, 7) is 6.38. The molecule has 4 atom stereocenters. The largest absolute Gasteiger partial charge is 0.244 e. The lowest BCUT2D eigenvalue weighted by Crippen LogP contribution is -2.27. The van der Waals surface area contributed by atoms with E-state index in [0.29, 0.717) is 12.3 Å². The first-order valence-electron chi connectivity index (χ1n) is 11.4. The molecular weight excluding hydrogens is 333 g/mol. The highest BCUT2D eigenvalue weighted by Crippen LogP contribution is 2.43. The summed E-state index contributed by atoms with van der Waals surface area (Å²) in [5.74, 6) is 3.61. The monoisotopic (exact) mass is 374 g/mol. The summed E-state index contributed by atoms with van der Waals surface area (Å²) in [5, 5.41) is 0. The molecule has 154 valence electrons. The van der Waals surface area contributed by atoms with E-state index in [-0.39, 0.29) is 18.8 Å². The van der Waals surface area contributed by atoms with E-state index in [0.717, 1.165) is 24.2 Å². The maximum Gasteiger partial charge on any atom is 0.162 e. The van der Waals surface area contributed by atoms with Gasteiger partial charge in [-0.05, 0) is 81.0 Å². The number of alkyl halides is 3. The lowest BCUT2D eigenvalue weighted by Gasteiger charge is -2.38. The van der Waals surface area contributed by atoms with Crippen LogP contribution in [0.3, 0.4) is 0 Å². The van der Waals surface area contributed by atoms with Crippen molar-refractivity contribution in [2.75, 3.05) is 0 Å². The third-order valence-electron chi connectivity index (χ3n) is 7.39. The Morgan fingerprint density at radius 3 is 1.69 bits per heavy atom. The highest BCUT2D eigenvalue weighted by atomic mass is 19.2. The standard InChI is InChI=1S/C21H35F3.C2H6/c1-14-2-7-17(8-3-14)18-9-4-15(5-10-18)12-16-6-11-19(22)21(24)20(23)13-16;1-2/h14-21H,2-13H2,1H3;1-2H3. The molecule has 0 heterocycles. The van der Waals surface area contributed by atoms with Gasteiger partial charge in [-0.1, -0.05) is 46.5 Å². The van der Waals surface area contributed by atoms with Crippen LogP contribution in [0.4, 0.5) is 13.2 Å². The number of halogens is 3. The molecule has 0 aromatic carbocycles. The van der Waals surface area contributed by atoms with Crippen LogP contribution in [-0.4, -0.2) is 18.5 Å². The van der Waals surface area contributed by atoms with Crippen LogP contribution in [0.25, 0.3) is 0 Å². The highest BCUT2D eigenvalue weighted by Gasteiger charge is 2.37. The second kappa shape index (κ2) is 11.0. The first kappa shape index (κ1) is 22.1. The Hall–Kier alpha value is -0.210. The van der Waals surface area contributed by atoms with E-state index in [9.17, 15) is 13.2 Å². The molecule has 3 heteroatoms. The summed E-state index contributed by atoms with van der Waals surface area (Å²) in [6.07, 6.45) is 7.84. The predicted octanol–water partition coefficient (Wildman–Crippen LogP) is 7.85. The van der Waals surface area contributed by atoms with Crippen LogP contribution in [-0.2, 0) is 0 Å². The fraction of sp³-hybridized carbons (Fsp3) is 1.00. The van der Waals surface area contributed by atoms with Gasteiger partial charge in [0.05, 0.1) is 0 Å². The first-order valence-corrected chi connectivity index (χ1v) is 11.4. The van der Waals surface area contributed by atoms with Gasteiger partial charge in [-0.3, -0.25) is 0 Å². The van der Waals surface area contributed by atoms with Gasteiger partial charge in [0.25, 0.3) is 0 Å².